The van der Waals surface area contributed by atoms with E-state index in [-0.39, 0.29) is 17.7 Å². The van der Waals surface area contributed by atoms with Crippen LogP contribution < -0.4 is 10.1 Å². The Morgan fingerprint density at radius 2 is 2.00 bits per heavy atom. The molecule has 0 saturated heterocycles. The van der Waals surface area contributed by atoms with Crippen LogP contribution in [-0.4, -0.2) is 27.6 Å². The van der Waals surface area contributed by atoms with Crippen LogP contribution in [0.5, 0.6) is 5.75 Å². The Bertz CT molecular complexity index is 1160. The summed E-state index contributed by atoms with van der Waals surface area (Å²) in [5, 5.41) is 8.95. The van der Waals surface area contributed by atoms with E-state index in [9.17, 15) is 9.18 Å². The Hall–Kier alpha value is -3.52. The summed E-state index contributed by atoms with van der Waals surface area (Å²) in [5.41, 5.74) is 2.43. The number of aromatic nitrogens is 3. The first-order valence-electron chi connectivity index (χ1n) is 8.36. The molecule has 0 saturated carbocycles. The van der Waals surface area contributed by atoms with E-state index < -0.39 is 0 Å². The molecule has 0 aliphatic carbocycles. The zero-order valence-electron chi connectivity index (χ0n) is 14.8. The molecule has 4 aromatic rings. The number of nitrogens with zero attached hydrogens (tertiary/aromatic N) is 3. The van der Waals surface area contributed by atoms with Crippen LogP contribution in [0.2, 0.25) is 0 Å². The fraction of sp³-hybridized carbons (Fsp3) is 0.0500. The lowest BCUT2D eigenvalue weighted by Crippen LogP contribution is -2.09. The van der Waals surface area contributed by atoms with E-state index in [4.69, 9.17) is 4.74 Å². The zero-order chi connectivity index (χ0) is 19.5. The van der Waals surface area contributed by atoms with Crippen LogP contribution in [0.15, 0.2) is 60.0 Å². The number of ether oxygens (including phenoxy) is 1. The van der Waals surface area contributed by atoms with Gasteiger partial charge in [-0.1, -0.05) is 24.3 Å². The number of fused-ring (bicyclic) bond motifs is 1. The molecule has 2 aromatic carbocycles. The molecular formula is C20H15FN4O2S. The van der Waals surface area contributed by atoms with Crippen LogP contribution in [0.3, 0.4) is 0 Å². The van der Waals surface area contributed by atoms with Crippen molar-refractivity contribution in [2.75, 3.05) is 12.4 Å². The van der Waals surface area contributed by atoms with Crippen molar-refractivity contribution >= 4 is 34.2 Å². The van der Waals surface area contributed by atoms with Crippen LogP contribution in [-0.2, 0) is 4.79 Å². The number of methoxy groups -OCH3 is 1. The average molecular weight is 394 g/mol. The van der Waals surface area contributed by atoms with Gasteiger partial charge in [0.1, 0.15) is 11.6 Å². The number of carbonyl (C=O) groups is 1. The van der Waals surface area contributed by atoms with Gasteiger partial charge in [-0.15, -0.1) is 16.4 Å². The number of halogens is 1. The van der Waals surface area contributed by atoms with Crippen LogP contribution in [0.25, 0.3) is 22.3 Å². The van der Waals surface area contributed by atoms with Crippen LogP contribution in [0.1, 0.15) is 5.56 Å². The topological polar surface area (TPSA) is 68.5 Å². The van der Waals surface area contributed by atoms with E-state index in [0.29, 0.717) is 10.5 Å². The van der Waals surface area contributed by atoms with Gasteiger partial charge >= 0.3 is 0 Å². The minimum Gasteiger partial charge on any atom is -0.496 e. The minimum atomic E-state index is -0.374. The quantitative estimate of drug-likeness (QED) is 0.514. The molecule has 140 valence electrons. The van der Waals surface area contributed by atoms with Crippen molar-refractivity contribution < 1.29 is 13.9 Å². The first kappa shape index (κ1) is 17.9. The van der Waals surface area contributed by atoms with E-state index in [1.807, 2.05) is 29.6 Å². The number of hydrogen-bond donors (Lipinski definition) is 1. The second-order valence-corrected chi connectivity index (χ2v) is 6.66. The summed E-state index contributed by atoms with van der Waals surface area (Å²) in [7, 11) is 1.61. The van der Waals surface area contributed by atoms with Gasteiger partial charge in [-0.2, -0.15) is 4.98 Å². The number of thiazole rings is 1. The van der Waals surface area contributed by atoms with Crippen LogP contribution >= 0.6 is 11.3 Å². The summed E-state index contributed by atoms with van der Waals surface area (Å²) in [6.45, 7) is 0. The highest BCUT2D eigenvalue weighted by molar-refractivity contribution is 7.15. The predicted octanol–water partition coefficient (Wildman–Crippen LogP) is 4.26. The van der Waals surface area contributed by atoms with Crippen LogP contribution in [0.4, 0.5) is 10.3 Å². The number of carbonyl (C=O) groups excluding carboxylic acids is 1. The van der Waals surface area contributed by atoms with Gasteiger partial charge in [0.05, 0.1) is 12.8 Å². The number of benzene rings is 2. The molecule has 0 atom stereocenters. The molecular weight excluding hydrogens is 379 g/mol. The maximum atomic E-state index is 12.9. The zero-order valence-corrected chi connectivity index (χ0v) is 15.6. The lowest BCUT2D eigenvalue weighted by molar-refractivity contribution is -0.111. The molecule has 1 amide bonds. The first-order chi connectivity index (χ1) is 13.6. The Balaban J connectivity index is 1.55. The van der Waals surface area contributed by atoms with E-state index in [1.165, 1.54) is 29.5 Å². The normalized spacial score (nSPS) is 11.2. The van der Waals surface area contributed by atoms with E-state index in [1.54, 1.807) is 29.8 Å². The Morgan fingerprint density at radius 3 is 2.79 bits per heavy atom. The number of rotatable bonds is 5. The van der Waals surface area contributed by atoms with Gasteiger partial charge < -0.3 is 4.74 Å². The predicted molar refractivity (Wildman–Crippen MR) is 107 cm³/mol. The van der Waals surface area contributed by atoms with Crippen molar-refractivity contribution in [2.45, 2.75) is 0 Å². The molecule has 2 heterocycles. The molecule has 0 fully saturated rings. The third-order valence-corrected chi connectivity index (χ3v) is 4.81. The first-order valence-corrected chi connectivity index (χ1v) is 9.24. The lowest BCUT2D eigenvalue weighted by atomic mass is 10.1. The number of anilines is 1. The molecule has 0 aliphatic rings. The molecule has 2 aromatic heterocycles. The van der Waals surface area contributed by atoms with Gasteiger partial charge in [-0.25, -0.2) is 8.91 Å². The van der Waals surface area contributed by atoms with Gasteiger partial charge in [0.2, 0.25) is 4.96 Å². The maximum Gasteiger partial charge on any atom is 0.250 e. The standard InChI is InChI=1S/C20H15FN4O2S/c1-27-17-5-3-2-4-15(17)16-12-28-20-23-19(24-25(16)20)22-18(26)11-8-13-6-9-14(21)10-7-13/h2-12H,1H3,(H,22,24,26)/b11-8+. The number of nitrogens with one attached hydrogen (secondary N) is 1. The van der Waals surface area contributed by atoms with Crippen molar-refractivity contribution in [3.05, 3.63) is 71.4 Å². The summed E-state index contributed by atoms with van der Waals surface area (Å²) in [6.07, 6.45) is 2.94. The summed E-state index contributed by atoms with van der Waals surface area (Å²) in [5.74, 6) is 0.235. The summed E-state index contributed by atoms with van der Waals surface area (Å²) in [4.78, 5) is 17.1. The Labute approximate surface area is 163 Å². The monoisotopic (exact) mass is 394 g/mol. The van der Waals surface area contributed by atoms with Crippen molar-refractivity contribution in [2.24, 2.45) is 0 Å². The van der Waals surface area contributed by atoms with Gasteiger partial charge in [-0.3, -0.25) is 10.1 Å². The fourth-order valence-corrected chi connectivity index (χ4v) is 3.50. The highest BCUT2D eigenvalue weighted by Crippen LogP contribution is 2.32. The summed E-state index contributed by atoms with van der Waals surface area (Å²) < 4.78 is 20.0. The molecule has 0 unspecified atom stereocenters. The van der Waals surface area contributed by atoms with E-state index >= 15 is 0 Å². The summed E-state index contributed by atoms with van der Waals surface area (Å²) in [6, 6.07) is 13.5. The highest BCUT2D eigenvalue weighted by Gasteiger charge is 2.15. The molecule has 0 radical (unpaired) electrons. The van der Waals surface area contributed by atoms with Crippen molar-refractivity contribution in [1.82, 2.24) is 14.6 Å². The van der Waals surface area contributed by atoms with E-state index in [0.717, 1.165) is 17.0 Å². The molecule has 0 spiro atoms. The van der Waals surface area contributed by atoms with Crippen molar-refractivity contribution in [3.8, 4) is 17.0 Å². The third kappa shape index (κ3) is 3.63. The Kier molecular flexibility index (Phi) is 4.86. The minimum absolute atomic E-state index is 0.205. The third-order valence-electron chi connectivity index (χ3n) is 4.00. The smallest absolute Gasteiger partial charge is 0.250 e. The van der Waals surface area contributed by atoms with Gasteiger partial charge in [0.25, 0.3) is 11.9 Å². The number of hydrogen-bond acceptors (Lipinski definition) is 5. The van der Waals surface area contributed by atoms with Crippen molar-refractivity contribution in [1.29, 1.82) is 0 Å². The van der Waals surface area contributed by atoms with Gasteiger partial charge in [0.15, 0.2) is 0 Å². The highest BCUT2D eigenvalue weighted by atomic mass is 32.1. The molecule has 6 nitrogen and oxygen atoms in total. The molecule has 0 aliphatic heterocycles. The molecule has 4 rings (SSSR count). The van der Waals surface area contributed by atoms with E-state index in [2.05, 4.69) is 15.4 Å². The molecule has 1 N–H and O–H groups in total. The maximum absolute atomic E-state index is 12.9. The number of amides is 1. The number of para-hydroxylation sites is 1. The summed E-state index contributed by atoms with van der Waals surface area (Å²) >= 11 is 1.42. The molecule has 28 heavy (non-hydrogen) atoms. The van der Waals surface area contributed by atoms with Gasteiger partial charge in [-0.05, 0) is 35.9 Å². The van der Waals surface area contributed by atoms with Crippen LogP contribution in [0, 0.1) is 5.82 Å². The SMILES string of the molecule is COc1ccccc1-c1csc2nc(NC(=O)/C=C/c3ccc(F)cc3)nn12. The molecule has 8 heteroatoms. The Morgan fingerprint density at radius 1 is 1.21 bits per heavy atom. The largest absolute Gasteiger partial charge is 0.496 e. The average Bonchev–Trinajstić information content (AvgIpc) is 3.27. The lowest BCUT2D eigenvalue weighted by Gasteiger charge is -2.06. The van der Waals surface area contributed by atoms with Gasteiger partial charge in [0, 0.05) is 17.0 Å². The second kappa shape index (κ2) is 7.61. The van der Waals surface area contributed by atoms with Crippen molar-refractivity contribution in [3.63, 3.8) is 0 Å². The fourth-order valence-electron chi connectivity index (χ4n) is 2.67. The molecule has 0 bridgehead atoms. The second-order valence-electron chi connectivity index (χ2n) is 5.83.